The molecule has 0 N–H and O–H groups in total. The minimum atomic E-state index is -0.875. The summed E-state index contributed by atoms with van der Waals surface area (Å²) in [5.74, 6) is -1.00. The molecule has 0 spiro atoms. The molecule has 9 heteroatoms. The van der Waals surface area contributed by atoms with Gasteiger partial charge in [0.15, 0.2) is 4.80 Å². The molecule has 1 aliphatic heterocycles. The van der Waals surface area contributed by atoms with Gasteiger partial charge in [-0.1, -0.05) is 95.7 Å². The number of nitrogens with zero attached hydrogens (tertiary/aromatic N) is 3. The van der Waals surface area contributed by atoms with Gasteiger partial charge in [-0.05, 0) is 54.5 Å². The SMILES string of the molecule is CCOC(=O)C1=C(c2ccccc2)N=c2s/c(=C\c3cn(Cc4ccc(Cl)cc4)c4ccccc34)c(=O)n2[C@@H]1c1ccc(F)cc1. The summed E-state index contributed by atoms with van der Waals surface area (Å²) in [7, 11) is 0. The third kappa shape index (κ3) is 5.50. The highest BCUT2D eigenvalue weighted by Crippen LogP contribution is 2.35. The summed E-state index contributed by atoms with van der Waals surface area (Å²) in [5, 5.41) is 1.67. The van der Waals surface area contributed by atoms with Crippen LogP contribution in [0.25, 0.3) is 22.7 Å². The van der Waals surface area contributed by atoms with Gasteiger partial charge in [0.05, 0.1) is 28.5 Å². The number of halogens is 2. The van der Waals surface area contributed by atoms with Gasteiger partial charge in [-0.2, -0.15) is 0 Å². The van der Waals surface area contributed by atoms with Crippen molar-refractivity contribution in [1.29, 1.82) is 0 Å². The maximum absolute atomic E-state index is 14.3. The quantitative estimate of drug-likeness (QED) is 0.181. The number of aromatic nitrogens is 2. The Labute approximate surface area is 272 Å². The minimum absolute atomic E-state index is 0.144. The molecule has 0 saturated carbocycles. The van der Waals surface area contributed by atoms with Gasteiger partial charge < -0.3 is 9.30 Å². The molecule has 228 valence electrons. The van der Waals surface area contributed by atoms with Crippen molar-refractivity contribution in [1.82, 2.24) is 9.13 Å². The number of hydrogen-bond donors (Lipinski definition) is 0. The van der Waals surface area contributed by atoms with E-state index in [1.165, 1.54) is 28.0 Å². The zero-order valence-corrected chi connectivity index (χ0v) is 26.3. The fourth-order valence-electron chi connectivity index (χ4n) is 5.85. The van der Waals surface area contributed by atoms with Crippen LogP contribution >= 0.6 is 22.9 Å². The summed E-state index contributed by atoms with van der Waals surface area (Å²) in [6.07, 6.45) is 3.91. The van der Waals surface area contributed by atoms with Crippen LogP contribution in [0.1, 0.15) is 35.2 Å². The van der Waals surface area contributed by atoms with E-state index in [9.17, 15) is 14.0 Å². The molecule has 6 aromatic rings. The van der Waals surface area contributed by atoms with E-state index in [2.05, 4.69) is 10.6 Å². The van der Waals surface area contributed by atoms with E-state index in [0.717, 1.165) is 22.0 Å². The topological polar surface area (TPSA) is 65.6 Å². The number of hydrogen-bond acceptors (Lipinski definition) is 5. The zero-order chi connectivity index (χ0) is 31.8. The lowest BCUT2D eigenvalue weighted by molar-refractivity contribution is -0.138. The predicted octanol–water partition coefficient (Wildman–Crippen LogP) is 6.73. The average molecular weight is 648 g/mol. The molecular weight excluding hydrogens is 621 g/mol. The van der Waals surface area contributed by atoms with Crippen LogP contribution in [0.4, 0.5) is 4.39 Å². The van der Waals surface area contributed by atoms with Gasteiger partial charge in [-0.3, -0.25) is 9.36 Å². The lowest BCUT2D eigenvalue weighted by Gasteiger charge is -2.25. The van der Waals surface area contributed by atoms with Crippen molar-refractivity contribution in [3.63, 3.8) is 0 Å². The van der Waals surface area contributed by atoms with E-state index in [1.807, 2.05) is 85.1 Å². The first-order valence-corrected chi connectivity index (χ1v) is 16.0. The van der Waals surface area contributed by atoms with Gasteiger partial charge in [0.2, 0.25) is 0 Å². The smallest absolute Gasteiger partial charge is 0.338 e. The number of benzene rings is 4. The number of carbonyl (C=O) groups is 1. The van der Waals surface area contributed by atoms with Crippen LogP contribution in [-0.2, 0) is 16.1 Å². The first-order valence-electron chi connectivity index (χ1n) is 14.8. The summed E-state index contributed by atoms with van der Waals surface area (Å²) in [6, 6.07) is 30.1. The molecule has 0 amide bonds. The van der Waals surface area contributed by atoms with Gasteiger partial charge in [0.25, 0.3) is 5.56 Å². The largest absolute Gasteiger partial charge is 0.463 e. The number of thiazole rings is 1. The van der Waals surface area contributed by atoms with Crippen molar-refractivity contribution >= 4 is 51.6 Å². The first-order chi connectivity index (χ1) is 22.4. The minimum Gasteiger partial charge on any atom is -0.463 e. The van der Waals surface area contributed by atoms with E-state index in [1.54, 1.807) is 19.1 Å². The Morgan fingerprint density at radius 1 is 0.978 bits per heavy atom. The maximum atomic E-state index is 14.3. The van der Waals surface area contributed by atoms with E-state index in [0.29, 0.717) is 37.7 Å². The van der Waals surface area contributed by atoms with Crippen molar-refractivity contribution in [3.05, 3.63) is 168 Å². The van der Waals surface area contributed by atoms with Crippen LogP contribution in [0, 0.1) is 5.82 Å². The summed E-state index contributed by atoms with van der Waals surface area (Å²) < 4.78 is 23.7. The summed E-state index contributed by atoms with van der Waals surface area (Å²) in [4.78, 5) is 33.3. The molecular formula is C37H27ClFN3O3S. The monoisotopic (exact) mass is 647 g/mol. The third-order valence-corrected chi connectivity index (χ3v) is 9.17. The van der Waals surface area contributed by atoms with E-state index in [4.69, 9.17) is 21.3 Å². The van der Waals surface area contributed by atoms with Crippen LogP contribution in [0.5, 0.6) is 0 Å². The van der Waals surface area contributed by atoms with Crippen LogP contribution in [0.2, 0.25) is 5.02 Å². The summed E-state index contributed by atoms with van der Waals surface area (Å²) >= 11 is 7.36. The average Bonchev–Trinajstić information content (AvgIpc) is 3.58. The Kier molecular flexibility index (Phi) is 7.98. The molecule has 4 aromatic carbocycles. The second-order valence-electron chi connectivity index (χ2n) is 10.8. The van der Waals surface area contributed by atoms with E-state index in [-0.39, 0.29) is 17.7 Å². The highest BCUT2D eigenvalue weighted by atomic mass is 35.5. The predicted molar refractivity (Wildman–Crippen MR) is 180 cm³/mol. The molecule has 1 atom stereocenters. The number of ether oxygens (including phenoxy) is 1. The number of para-hydroxylation sites is 1. The van der Waals surface area contributed by atoms with Crippen molar-refractivity contribution in [2.75, 3.05) is 6.61 Å². The van der Waals surface area contributed by atoms with Crippen LogP contribution < -0.4 is 14.9 Å². The second kappa shape index (κ2) is 12.4. The molecule has 0 bridgehead atoms. The molecule has 2 aromatic heterocycles. The highest BCUT2D eigenvalue weighted by molar-refractivity contribution is 7.07. The summed E-state index contributed by atoms with van der Waals surface area (Å²) in [5.41, 5.74) is 4.61. The Balaban J connectivity index is 1.44. The highest BCUT2D eigenvalue weighted by Gasteiger charge is 2.35. The van der Waals surface area contributed by atoms with Crippen molar-refractivity contribution < 1.29 is 13.9 Å². The number of rotatable bonds is 7. The van der Waals surface area contributed by atoms with Crippen molar-refractivity contribution in [2.24, 2.45) is 4.99 Å². The first kappa shape index (κ1) is 29.6. The second-order valence-corrected chi connectivity index (χ2v) is 12.3. The molecule has 7 rings (SSSR count). The third-order valence-electron chi connectivity index (χ3n) is 7.93. The number of carbonyl (C=O) groups excluding carboxylic acids is 1. The van der Waals surface area contributed by atoms with E-state index < -0.39 is 17.8 Å². The number of fused-ring (bicyclic) bond motifs is 2. The van der Waals surface area contributed by atoms with Crippen LogP contribution in [-0.4, -0.2) is 21.7 Å². The van der Waals surface area contributed by atoms with Gasteiger partial charge in [0, 0.05) is 39.8 Å². The molecule has 0 fully saturated rings. The van der Waals surface area contributed by atoms with Gasteiger partial charge >= 0.3 is 5.97 Å². The lowest BCUT2D eigenvalue weighted by atomic mass is 9.93. The summed E-state index contributed by atoms with van der Waals surface area (Å²) in [6.45, 7) is 2.50. The van der Waals surface area contributed by atoms with Crippen LogP contribution in [0.15, 0.2) is 125 Å². The van der Waals surface area contributed by atoms with Gasteiger partial charge in [-0.25, -0.2) is 14.2 Å². The van der Waals surface area contributed by atoms with Gasteiger partial charge in [-0.15, -0.1) is 0 Å². The maximum Gasteiger partial charge on any atom is 0.338 e. The Morgan fingerprint density at radius 3 is 2.43 bits per heavy atom. The van der Waals surface area contributed by atoms with Crippen molar-refractivity contribution in [3.8, 4) is 0 Å². The molecule has 0 aliphatic carbocycles. The Hall–Kier alpha value is -5.05. The normalized spacial score (nSPS) is 14.8. The Morgan fingerprint density at radius 2 is 1.70 bits per heavy atom. The molecule has 46 heavy (non-hydrogen) atoms. The van der Waals surface area contributed by atoms with Crippen molar-refractivity contribution in [2.45, 2.75) is 19.5 Å². The van der Waals surface area contributed by atoms with E-state index >= 15 is 0 Å². The zero-order valence-electron chi connectivity index (χ0n) is 24.7. The molecule has 0 unspecified atom stereocenters. The fourth-order valence-corrected chi connectivity index (χ4v) is 6.97. The molecule has 3 heterocycles. The molecule has 0 radical (unpaired) electrons. The number of esters is 1. The Bertz CT molecular complexity index is 2300. The fraction of sp³-hybridized carbons (Fsp3) is 0.108. The molecule has 0 saturated heterocycles. The molecule has 6 nitrogen and oxygen atoms in total. The van der Waals surface area contributed by atoms with Crippen LogP contribution in [0.3, 0.4) is 0 Å². The molecule has 1 aliphatic rings. The van der Waals surface area contributed by atoms with Gasteiger partial charge in [0.1, 0.15) is 5.82 Å². The lowest BCUT2D eigenvalue weighted by Crippen LogP contribution is -2.40. The standard InChI is InChI=1S/C37H27ClFN3O3S/c1-2-45-36(44)32-33(24-8-4-3-5-9-24)40-37-42(34(32)25-14-18-28(39)19-15-25)35(43)31(46-37)20-26-22-41(30-11-7-6-10-29(26)30)21-23-12-16-27(38)17-13-23/h3-20,22,34H,2,21H2,1H3/b31-20-/t34-/m1/s1.